The first-order valence-corrected chi connectivity index (χ1v) is 9.70. The van der Waals surface area contributed by atoms with Crippen molar-refractivity contribution in [3.8, 4) is 16.9 Å². The fourth-order valence-electron chi connectivity index (χ4n) is 3.57. The molecular weight excluding hydrogens is 320 g/mol. The molecule has 1 saturated carbocycles. The average Bonchev–Trinajstić information content (AvgIpc) is 3.10. The van der Waals surface area contributed by atoms with Gasteiger partial charge in [0.15, 0.2) is 0 Å². The monoisotopic (exact) mass is 346 g/mol. The van der Waals surface area contributed by atoms with Crippen molar-refractivity contribution in [3.63, 3.8) is 0 Å². The van der Waals surface area contributed by atoms with E-state index in [4.69, 9.17) is 4.98 Å². The molecule has 0 amide bonds. The Bertz CT molecular complexity index is 893. The van der Waals surface area contributed by atoms with Crippen LogP contribution in [0.1, 0.15) is 49.6 Å². The third-order valence-electron chi connectivity index (χ3n) is 5.38. The van der Waals surface area contributed by atoms with Gasteiger partial charge in [-0.1, -0.05) is 38.7 Å². The Balaban J connectivity index is 1.55. The van der Waals surface area contributed by atoms with E-state index in [1.165, 1.54) is 31.2 Å². The van der Waals surface area contributed by atoms with Crippen LogP contribution in [-0.2, 0) is 12.8 Å². The lowest BCUT2D eigenvalue weighted by atomic mass is 9.80. The highest BCUT2D eigenvalue weighted by atomic mass is 15.3. The molecule has 0 atom stereocenters. The number of aryl methyl sites for hydroxylation is 2. The van der Waals surface area contributed by atoms with Gasteiger partial charge in [-0.3, -0.25) is 9.97 Å². The van der Waals surface area contributed by atoms with Gasteiger partial charge in [-0.15, -0.1) is 0 Å². The lowest BCUT2D eigenvalue weighted by Gasteiger charge is -2.25. The summed E-state index contributed by atoms with van der Waals surface area (Å²) in [7, 11) is 0. The number of nitrogens with zero attached hydrogens (tertiary/aromatic N) is 4. The number of aromatic nitrogens is 4. The number of hydrogen-bond donors (Lipinski definition) is 0. The zero-order valence-corrected chi connectivity index (χ0v) is 15.7. The number of rotatable bonds is 6. The second-order valence-corrected chi connectivity index (χ2v) is 7.37. The molecule has 1 aliphatic carbocycles. The van der Waals surface area contributed by atoms with E-state index >= 15 is 0 Å². The van der Waals surface area contributed by atoms with Crippen molar-refractivity contribution in [2.24, 2.45) is 5.92 Å². The Morgan fingerprint density at radius 1 is 1.19 bits per heavy atom. The predicted octanol–water partition coefficient (Wildman–Crippen LogP) is 4.93. The molecule has 0 spiro atoms. The average molecular weight is 346 g/mol. The maximum Gasteiger partial charge on any atom is 0.0737 e. The molecule has 134 valence electrons. The third-order valence-corrected chi connectivity index (χ3v) is 5.38. The topological polar surface area (TPSA) is 43.6 Å². The fraction of sp³-hybridized carbons (Fsp3) is 0.409. The molecule has 0 N–H and O–H groups in total. The maximum absolute atomic E-state index is 4.84. The first kappa shape index (κ1) is 17.0. The van der Waals surface area contributed by atoms with E-state index in [0.29, 0.717) is 0 Å². The molecular formula is C22H26N4. The Labute approximate surface area is 155 Å². The summed E-state index contributed by atoms with van der Waals surface area (Å²) < 4.78 is 1.91. The van der Waals surface area contributed by atoms with Crippen molar-refractivity contribution in [3.05, 3.63) is 59.8 Å². The van der Waals surface area contributed by atoms with Gasteiger partial charge in [-0.2, -0.15) is 5.10 Å². The van der Waals surface area contributed by atoms with E-state index in [2.05, 4.69) is 48.3 Å². The van der Waals surface area contributed by atoms with E-state index in [1.807, 2.05) is 23.1 Å². The van der Waals surface area contributed by atoms with E-state index in [9.17, 15) is 0 Å². The first-order valence-electron chi connectivity index (χ1n) is 9.70. The molecule has 26 heavy (non-hydrogen) atoms. The van der Waals surface area contributed by atoms with Crippen LogP contribution in [-0.4, -0.2) is 19.7 Å². The lowest BCUT2D eigenvalue weighted by Crippen LogP contribution is -2.14. The lowest BCUT2D eigenvalue weighted by molar-refractivity contribution is 0.314. The molecule has 4 nitrogen and oxygen atoms in total. The van der Waals surface area contributed by atoms with Gasteiger partial charge in [-0.05, 0) is 49.4 Å². The Kier molecular flexibility index (Phi) is 4.83. The van der Waals surface area contributed by atoms with Gasteiger partial charge in [0.25, 0.3) is 0 Å². The summed E-state index contributed by atoms with van der Waals surface area (Å²) in [4.78, 5) is 9.27. The summed E-state index contributed by atoms with van der Waals surface area (Å²) in [6.45, 7) is 4.30. The van der Waals surface area contributed by atoms with Crippen LogP contribution in [0.25, 0.3) is 16.9 Å². The summed E-state index contributed by atoms with van der Waals surface area (Å²) >= 11 is 0. The molecule has 1 fully saturated rings. The van der Waals surface area contributed by atoms with E-state index in [0.717, 1.165) is 47.1 Å². The van der Waals surface area contributed by atoms with E-state index < -0.39 is 0 Å². The summed E-state index contributed by atoms with van der Waals surface area (Å²) in [5.41, 5.74) is 6.75. The number of pyridine rings is 2. The minimum atomic E-state index is 0.869. The number of hydrogen-bond acceptors (Lipinski definition) is 3. The van der Waals surface area contributed by atoms with E-state index in [-0.39, 0.29) is 0 Å². The third kappa shape index (κ3) is 3.55. The van der Waals surface area contributed by atoms with Crippen molar-refractivity contribution >= 4 is 0 Å². The van der Waals surface area contributed by atoms with Crippen LogP contribution in [0.4, 0.5) is 0 Å². The maximum atomic E-state index is 4.84. The second-order valence-electron chi connectivity index (χ2n) is 7.37. The minimum absolute atomic E-state index is 0.869. The molecule has 3 heterocycles. The highest BCUT2D eigenvalue weighted by Crippen LogP contribution is 2.31. The van der Waals surface area contributed by atoms with Crippen molar-refractivity contribution in [1.29, 1.82) is 0 Å². The fourth-order valence-corrected chi connectivity index (χ4v) is 3.57. The molecule has 0 unspecified atom stereocenters. The summed E-state index contributed by atoms with van der Waals surface area (Å²) in [6, 6.07) is 8.49. The zero-order valence-electron chi connectivity index (χ0n) is 15.7. The molecule has 0 radical (unpaired) electrons. The molecule has 3 aromatic rings. The van der Waals surface area contributed by atoms with E-state index in [1.54, 1.807) is 0 Å². The Morgan fingerprint density at radius 2 is 2.08 bits per heavy atom. The van der Waals surface area contributed by atoms with Gasteiger partial charge in [0.2, 0.25) is 0 Å². The standard InChI is InChI=1S/C22H26N4/c1-3-5-20-13-21(10-11-23-20)26-15-19(14-24-26)22-9-8-18(16(2)25-22)12-17-6-4-7-17/h8-11,13-15,17H,3-7,12H2,1-2H3. The summed E-state index contributed by atoms with van der Waals surface area (Å²) in [6.07, 6.45) is 13.2. The molecule has 4 heteroatoms. The van der Waals surface area contributed by atoms with Crippen LogP contribution in [0.5, 0.6) is 0 Å². The molecule has 0 aromatic carbocycles. The molecule has 0 bridgehead atoms. The SMILES string of the molecule is CCCc1cc(-n2cc(-c3ccc(CC4CCC4)c(C)n3)cn2)ccn1. The van der Waals surface area contributed by atoms with Gasteiger partial charge in [0.1, 0.15) is 0 Å². The Morgan fingerprint density at radius 3 is 2.81 bits per heavy atom. The van der Waals surface area contributed by atoms with Gasteiger partial charge >= 0.3 is 0 Å². The van der Waals surface area contributed by atoms with Crippen molar-refractivity contribution in [2.45, 2.75) is 52.4 Å². The first-order chi connectivity index (χ1) is 12.7. The van der Waals surface area contributed by atoms with Gasteiger partial charge < -0.3 is 0 Å². The zero-order chi connectivity index (χ0) is 17.9. The van der Waals surface area contributed by atoms with Crippen molar-refractivity contribution in [2.75, 3.05) is 0 Å². The molecule has 4 rings (SSSR count). The van der Waals surface area contributed by atoms with Crippen LogP contribution >= 0.6 is 0 Å². The van der Waals surface area contributed by atoms with Gasteiger partial charge in [0, 0.05) is 29.3 Å². The highest BCUT2D eigenvalue weighted by Gasteiger charge is 2.19. The van der Waals surface area contributed by atoms with Crippen LogP contribution in [0, 0.1) is 12.8 Å². The van der Waals surface area contributed by atoms with Gasteiger partial charge in [0.05, 0.1) is 17.6 Å². The van der Waals surface area contributed by atoms with Crippen LogP contribution in [0.3, 0.4) is 0 Å². The van der Waals surface area contributed by atoms with Gasteiger partial charge in [-0.25, -0.2) is 4.68 Å². The smallest absolute Gasteiger partial charge is 0.0737 e. The van der Waals surface area contributed by atoms with Crippen LogP contribution in [0.2, 0.25) is 0 Å². The largest absolute Gasteiger partial charge is 0.261 e. The molecule has 1 aliphatic rings. The Hall–Kier alpha value is -2.49. The molecule has 0 aliphatic heterocycles. The van der Waals surface area contributed by atoms with Crippen molar-refractivity contribution in [1.82, 2.24) is 19.7 Å². The van der Waals surface area contributed by atoms with Crippen LogP contribution < -0.4 is 0 Å². The predicted molar refractivity (Wildman–Crippen MR) is 104 cm³/mol. The summed E-state index contributed by atoms with van der Waals surface area (Å²) in [5.74, 6) is 0.869. The minimum Gasteiger partial charge on any atom is -0.261 e. The van der Waals surface area contributed by atoms with Crippen molar-refractivity contribution < 1.29 is 0 Å². The normalized spacial score (nSPS) is 14.4. The second kappa shape index (κ2) is 7.40. The highest BCUT2D eigenvalue weighted by molar-refractivity contribution is 5.58. The van der Waals surface area contributed by atoms with Crippen LogP contribution in [0.15, 0.2) is 42.9 Å². The molecule has 0 saturated heterocycles. The quantitative estimate of drug-likeness (QED) is 0.635. The molecule has 3 aromatic heterocycles. The summed E-state index contributed by atoms with van der Waals surface area (Å²) in [5, 5.41) is 4.54.